The van der Waals surface area contributed by atoms with Crippen molar-refractivity contribution in [2.45, 2.75) is 12.8 Å². The summed E-state index contributed by atoms with van der Waals surface area (Å²) in [5.74, 6) is -0.853. The molecular weight excluding hydrogens is 200 g/mol. The van der Waals surface area contributed by atoms with Gasteiger partial charge in [-0.25, -0.2) is 4.79 Å². The quantitative estimate of drug-likeness (QED) is 0.356. The van der Waals surface area contributed by atoms with Crippen molar-refractivity contribution in [1.29, 1.82) is 0 Å². The molecule has 0 aliphatic carbocycles. The molecule has 0 aromatic heterocycles. The number of carbonyl (C=O) groups excluding carboxylic acids is 2. The second-order valence-corrected chi connectivity index (χ2v) is 2.70. The van der Waals surface area contributed by atoms with E-state index in [-0.39, 0.29) is 12.4 Å². The van der Waals surface area contributed by atoms with E-state index < -0.39 is 5.97 Å². The molecule has 0 atom stereocenters. The van der Waals surface area contributed by atoms with E-state index in [2.05, 4.69) is 4.74 Å². The molecule has 0 fully saturated rings. The third-order valence-electron chi connectivity index (χ3n) is 1.50. The van der Waals surface area contributed by atoms with Crippen LogP contribution in [0.25, 0.3) is 0 Å². The Morgan fingerprint density at radius 1 is 1.20 bits per heavy atom. The van der Waals surface area contributed by atoms with Crippen molar-refractivity contribution in [2.24, 2.45) is 0 Å². The Hall–Kier alpha value is -1.36. The first kappa shape index (κ1) is 13.6. The first-order chi connectivity index (χ1) is 7.20. The van der Waals surface area contributed by atoms with Crippen LogP contribution in [-0.4, -0.2) is 39.4 Å². The zero-order valence-electron chi connectivity index (χ0n) is 9.02. The standard InChI is InChI=1S/C10H16O5/c1-13-7-4-8-15-10(12)6-3-5-9(11)14-2/h3,5H,4,6-8H2,1-2H3. The lowest BCUT2D eigenvalue weighted by molar-refractivity contribution is -0.142. The fraction of sp³-hybridized carbons (Fsp3) is 0.600. The number of rotatable bonds is 7. The third kappa shape index (κ3) is 8.96. The average Bonchev–Trinajstić information content (AvgIpc) is 2.24. The number of hydrogen-bond donors (Lipinski definition) is 0. The lowest BCUT2D eigenvalue weighted by atomic mass is 10.4. The molecule has 0 saturated carbocycles. The van der Waals surface area contributed by atoms with Gasteiger partial charge >= 0.3 is 11.9 Å². The monoisotopic (exact) mass is 216 g/mol. The number of methoxy groups -OCH3 is 2. The van der Waals surface area contributed by atoms with Crippen molar-refractivity contribution < 1.29 is 23.8 Å². The highest BCUT2D eigenvalue weighted by Crippen LogP contribution is 1.91. The smallest absolute Gasteiger partial charge is 0.330 e. The largest absolute Gasteiger partial charge is 0.466 e. The molecule has 0 heterocycles. The van der Waals surface area contributed by atoms with Gasteiger partial charge in [-0.3, -0.25) is 4.79 Å². The molecule has 5 heteroatoms. The van der Waals surface area contributed by atoms with Crippen LogP contribution < -0.4 is 0 Å². The van der Waals surface area contributed by atoms with Gasteiger partial charge < -0.3 is 14.2 Å². The highest BCUT2D eigenvalue weighted by atomic mass is 16.5. The van der Waals surface area contributed by atoms with Gasteiger partial charge in [-0.2, -0.15) is 0 Å². The summed E-state index contributed by atoms with van der Waals surface area (Å²) in [5.41, 5.74) is 0. The molecule has 0 amide bonds. The lowest BCUT2D eigenvalue weighted by Crippen LogP contribution is -2.06. The van der Waals surface area contributed by atoms with Gasteiger partial charge in [0.2, 0.25) is 0 Å². The highest BCUT2D eigenvalue weighted by molar-refractivity contribution is 5.83. The second-order valence-electron chi connectivity index (χ2n) is 2.70. The molecule has 0 unspecified atom stereocenters. The van der Waals surface area contributed by atoms with E-state index in [0.717, 1.165) is 0 Å². The van der Waals surface area contributed by atoms with Gasteiger partial charge in [0.15, 0.2) is 0 Å². The molecule has 0 aliphatic heterocycles. The second kappa shape index (κ2) is 9.21. The van der Waals surface area contributed by atoms with Crippen molar-refractivity contribution >= 4 is 11.9 Å². The molecule has 0 bridgehead atoms. The van der Waals surface area contributed by atoms with E-state index in [1.54, 1.807) is 7.11 Å². The van der Waals surface area contributed by atoms with E-state index in [1.807, 2.05) is 0 Å². The zero-order valence-corrected chi connectivity index (χ0v) is 9.02. The number of carbonyl (C=O) groups is 2. The number of hydrogen-bond acceptors (Lipinski definition) is 5. The van der Waals surface area contributed by atoms with E-state index in [1.165, 1.54) is 19.3 Å². The minimum absolute atomic E-state index is 0.0715. The van der Waals surface area contributed by atoms with Crippen LogP contribution in [0, 0.1) is 0 Å². The molecular formula is C10H16O5. The fourth-order valence-corrected chi connectivity index (χ4v) is 0.768. The minimum Gasteiger partial charge on any atom is -0.466 e. The summed E-state index contributed by atoms with van der Waals surface area (Å²) in [5, 5.41) is 0. The topological polar surface area (TPSA) is 61.8 Å². The van der Waals surface area contributed by atoms with Crippen molar-refractivity contribution in [1.82, 2.24) is 0 Å². The van der Waals surface area contributed by atoms with Gasteiger partial charge in [-0.1, -0.05) is 6.08 Å². The van der Waals surface area contributed by atoms with Gasteiger partial charge in [0.25, 0.3) is 0 Å². The molecule has 5 nitrogen and oxygen atoms in total. The van der Waals surface area contributed by atoms with E-state index in [9.17, 15) is 9.59 Å². The molecule has 0 saturated heterocycles. The van der Waals surface area contributed by atoms with Crippen molar-refractivity contribution in [2.75, 3.05) is 27.4 Å². The Bertz CT molecular complexity index is 222. The molecule has 0 rings (SSSR count). The van der Waals surface area contributed by atoms with Gasteiger partial charge in [0.1, 0.15) is 0 Å². The van der Waals surface area contributed by atoms with Crippen LogP contribution in [0.3, 0.4) is 0 Å². The Morgan fingerprint density at radius 3 is 2.53 bits per heavy atom. The van der Waals surface area contributed by atoms with Crippen LogP contribution in [0.2, 0.25) is 0 Å². The van der Waals surface area contributed by atoms with Crippen LogP contribution in [0.15, 0.2) is 12.2 Å². The first-order valence-corrected chi connectivity index (χ1v) is 4.59. The van der Waals surface area contributed by atoms with Crippen LogP contribution in [0.5, 0.6) is 0 Å². The molecule has 15 heavy (non-hydrogen) atoms. The summed E-state index contributed by atoms with van der Waals surface area (Å²) in [6, 6.07) is 0. The van der Waals surface area contributed by atoms with Gasteiger partial charge in [-0.05, 0) is 0 Å². The summed E-state index contributed by atoms with van der Waals surface area (Å²) in [6.45, 7) is 0.893. The van der Waals surface area contributed by atoms with Gasteiger partial charge in [0, 0.05) is 26.2 Å². The molecule has 0 aliphatic rings. The van der Waals surface area contributed by atoms with Crippen molar-refractivity contribution in [3.05, 3.63) is 12.2 Å². The predicted molar refractivity (Wildman–Crippen MR) is 53.2 cm³/mol. The summed E-state index contributed by atoms with van der Waals surface area (Å²) in [6.07, 6.45) is 3.34. The number of ether oxygens (including phenoxy) is 3. The maximum absolute atomic E-state index is 11.0. The van der Waals surface area contributed by atoms with Crippen molar-refractivity contribution in [3.63, 3.8) is 0 Å². The maximum Gasteiger partial charge on any atom is 0.330 e. The average molecular weight is 216 g/mol. The van der Waals surface area contributed by atoms with Crippen LogP contribution in [0.4, 0.5) is 0 Å². The van der Waals surface area contributed by atoms with Crippen LogP contribution >= 0.6 is 0 Å². The fourth-order valence-electron chi connectivity index (χ4n) is 0.768. The maximum atomic E-state index is 11.0. The van der Waals surface area contributed by atoms with Gasteiger partial charge in [-0.15, -0.1) is 0 Å². The Balaban J connectivity index is 3.49. The minimum atomic E-state index is -0.484. The normalized spacial score (nSPS) is 10.3. The van der Waals surface area contributed by atoms with E-state index in [4.69, 9.17) is 9.47 Å². The summed E-state index contributed by atoms with van der Waals surface area (Å²) < 4.78 is 14.0. The SMILES string of the molecule is COCCCOC(=O)CC=CC(=O)OC. The Labute approximate surface area is 89.0 Å². The van der Waals surface area contributed by atoms with Crippen LogP contribution in [-0.2, 0) is 23.8 Å². The summed E-state index contributed by atoms with van der Waals surface area (Å²) >= 11 is 0. The molecule has 0 spiro atoms. The van der Waals surface area contributed by atoms with E-state index >= 15 is 0 Å². The number of esters is 2. The molecule has 0 aromatic rings. The Kier molecular flexibility index (Phi) is 8.37. The Morgan fingerprint density at radius 2 is 1.93 bits per heavy atom. The zero-order chi connectivity index (χ0) is 11.5. The predicted octanol–water partition coefficient (Wildman–Crippen LogP) is 0.685. The summed E-state index contributed by atoms with van der Waals surface area (Å²) in [4.78, 5) is 21.6. The highest BCUT2D eigenvalue weighted by Gasteiger charge is 1.99. The van der Waals surface area contributed by atoms with Gasteiger partial charge in [0.05, 0.1) is 20.1 Å². The van der Waals surface area contributed by atoms with Crippen molar-refractivity contribution in [3.8, 4) is 0 Å². The van der Waals surface area contributed by atoms with E-state index in [0.29, 0.717) is 19.6 Å². The molecule has 0 N–H and O–H groups in total. The molecule has 0 radical (unpaired) electrons. The third-order valence-corrected chi connectivity index (χ3v) is 1.50. The molecule has 0 aromatic carbocycles. The molecule has 86 valence electrons. The summed E-state index contributed by atoms with van der Waals surface area (Å²) in [7, 11) is 2.86. The lowest BCUT2D eigenvalue weighted by Gasteiger charge is -2.01. The first-order valence-electron chi connectivity index (χ1n) is 4.59. The van der Waals surface area contributed by atoms with Crippen LogP contribution in [0.1, 0.15) is 12.8 Å².